The predicted octanol–water partition coefficient (Wildman–Crippen LogP) is 2.39. The Hall–Kier alpha value is -2.63. The Bertz CT molecular complexity index is 968. The van der Waals surface area contributed by atoms with Gasteiger partial charge in [-0.3, -0.25) is 9.59 Å². The van der Waals surface area contributed by atoms with E-state index in [2.05, 4.69) is 5.32 Å². The zero-order chi connectivity index (χ0) is 17.8. The standard InChI is InChI=1S/C19H18ClN3O2/c20-14-6-7-15-17(10-14)23(11-13-4-2-1-3-5-13)12-16(18(15)24)19(25)22-9-8-21/h1-7,10,12H,8-9,11,21H2,(H,22,25). The van der Waals surface area contributed by atoms with E-state index in [-0.39, 0.29) is 11.0 Å². The van der Waals surface area contributed by atoms with Crippen molar-refractivity contribution in [1.29, 1.82) is 0 Å². The SMILES string of the molecule is NCCNC(=O)c1cn(Cc2ccccc2)c2cc(Cl)ccc2c1=O. The Morgan fingerprint density at radius 3 is 2.64 bits per heavy atom. The molecule has 0 saturated carbocycles. The van der Waals surface area contributed by atoms with Crippen LogP contribution in [0.1, 0.15) is 15.9 Å². The molecule has 3 N–H and O–H groups in total. The van der Waals surface area contributed by atoms with Gasteiger partial charge in [0.25, 0.3) is 5.91 Å². The number of halogens is 1. The molecular weight excluding hydrogens is 338 g/mol. The molecule has 0 fully saturated rings. The van der Waals surface area contributed by atoms with E-state index in [1.54, 1.807) is 24.4 Å². The molecule has 0 radical (unpaired) electrons. The van der Waals surface area contributed by atoms with Crippen LogP contribution in [-0.4, -0.2) is 23.6 Å². The Labute approximate surface area is 150 Å². The fourth-order valence-electron chi connectivity index (χ4n) is 2.72. The van der Waals surface area contributed by atoms with Gasteiger partial charge in [-0.2, -0.15) is 0 Å². The maximum Gasteiger partial charge on any atom is 0.256 e. The summed E-state index contributed by atoms with van der Waals surface area (Å²) in [6, 6.07) is 14.9. The molecule has 1 amide bonds. The van der Waals surface area contributed by atoms with E-state index in [0.29, 0.717) is 35.6 Å². The van der Waals surface area contributed by atoms with Gasteiger partial charge in [0.15, 0.2) is 0 Å². The highest BCUT2D eigenvalue weighted by molar-refractivity contribution is 6.31. The third kappa shape index (κ3) is 3.73. The zero-order valence-corrected chi connectivity index (χ0v) is 14.3. The van der Waals surface area contributed by atoms with Crippen LogP contribution < -0.4 is 16.5 Å². The summed E-state index contributed by atoms with van der Waals surface area (Å²) in [6.45, 7) is 1.15. The second kappa shape index (κ2) is 7.51. The number of pyridine rings is 1. The highest BCUT2D eigenvalue weighted by atomic mass is 35.5. The lowest BCUT2D eigenvalue weighted by atomic mass is 10.1. The maximum absolute atomic E-state index is 12.7. The van der Waals surface area contributed by atoms with E-state index in [4.69, 9.17) is 17.3 Å². The second-order valence-electron chi connectivity index (χ2n) is 5.69. The molecule has 0 aliphatic rings. The molecule has 5 nitrogen and oxygen atoms in total. The van der Waals surface area contributed by atoms with Gasteiger partial charge in [0.05, 0.1) is 5.52 Å². The fraction of sp³-hybridized carbons (Fsp3) is 0.158. The van der Waals surface area contributed by atoms with Crippen molar-refractivity contribution in [2.24, 2.45) is 5.73 Å². The van der Waals surface area contributed by atoms with Crippen molar-refractivity contribution in [1.82, 2.24) is 9.88 Å². The summed E-state index contributed by atoms with van der Waals surface area (Å²) in [5.74, 6) is -0.422. The first-order valence-electron chi connectivity index (χ1n) is 7.95. The molecule has 0 atom stereocenters. The first-order chi connectivity index (χ1) is 12.1. The molecule has 6 heteroatoms. The summed E-state index contributed by atoms with van der Waals surface area (Å²) in [7, 11) is 0. The topological polar surface area (TPSA) is 77.1 Å². The molecule has 3 rings (SSSR count). The molecule has 0 bridgehead atoms. The molecule has 1 heterocycles. The second-order valence-corrected chi connectivity index (χ2v) is 6.13. The van der Waals surface area contributed by atoms with E-state index in [1.165, 1.54) is 0 Å². The average Bonchev–Trinajstić information content (AvgIpc) is 2.62. The van der Waals surface area contributed by atoms with E-state index >= 15 is 0 Å². The number of carbonyl (C=O) groups is 1. The van der Waals surface area contributed by atoms with Gasteiger partial charge in [-0.15, -0.1) is 0 Å². The molecule has 2 aromatic carbocycles. The lowest BCUT2D eigenvalue weighted by molar-refractivity contribution is 0.0953. The van der Waals surface area contributed by atoms with Gasteiger partial charge < -0.3 is 15.6 Å². The Morgan fingerprint density at radius 2 is 1.92 bits per heavy atom. The number of hydrogen-bond acceptors (Lipinski definition) is 3. The average molecular weight is 356 g/mol. The van der Waals surface area contributed by atoms with Crippen LogP contribution in [0.2, 0.25) is 5.02 Å². The lowest BCUT2D eigenvalue weighted by Gasteiger charge is -2.14. The van der Waals surface area contributed by atoms with E-state index in [1.807, 2.05) is 34.9 Å². The van der Waals surface area contributed by atoms with Crippen molar-refractivity contribution in [3.05, 3.63) is 81.1 Å². The minimum absolute atomic E-state index is 0.0965. The number of carbonyl (C=O) groups excluding carboxylic acids is 1. The Balaban J connectivity index is 2.15. The number of hydrogen-bond donors (Lipinski definition) is 2. The van der Waals surface area contributed by atoms with Gasteiger partial charge in [-0.25, -0.2) is 0 Å². The summed E-state index contributed by atoms with van der Waals surface area (Å²) in [4.78, 5) is 25.0. The predicted molar refractivity (Wildman–Crippen MR) is 100 cm³/mol. The lowest BCUT2D eigenvalue weighted by Crippen LogP contribution is -2.33. The molecule has 0 spiro atoms. The molecule has 0 aliphatic heterocycles. The van der Waals surface area contributed by atoms with Crippen molar-refractivity contribution in [2.75, 3.05) is 13.1 Å². The largest absolute Gasteiger partial charge is 0.351 e. The highest BCUT2D eigenvalue weighted by Crippen LogP contribution is 2.19. The van der Waals surface area contributed by atoms with Gasteiger partial charge in [-0.05, 0) is 23.8 Å². The first-order valence-corrected chi connectivity index (χ1v) is 8.33. The Morgan fingerprint density at radius 1 is 1.16 bits per heavy atom. The number of amides is 1. The number of nitrogens with two attached hydrogens (primary N) is 1. The molecule has 0 saturated heterocycles. The number of nitrogens with zero attached hydrogens (tertiary/aromatic N) is 1. The van der Waals surface area contributed by atoms with Crippen LogP contribution in [0.3, 0.4) is 0 Å². The van der Waals surface area contributed by atoms with Crippen LogP contribution in [0.15, 0.2) is 59.5 Å². The van der Waals surface area contributed by atoms with Crippen molar-refractivity contribution < 1.29 is 4.79 Å². The zero-order valence-electron chi connectivity index (χ0n) is 13.5. The van der Waals surface area contributed by atoms with Crippen molar-refractivity contribution in [3.8, 4) is 0 Å². The van der Waals surface area contributed by atoms with Crippen LogP contribution in [0.4, 0.5) is 0 Å². The maximum atomic E-state index is 12.7. The van der Waals surface area contributed by atoms with E-state index in [9.17, 15) is 9.59 Å². The third-order valence-corrected chi connectivity index (χ3v) is 4.15. The van der Waals surface area contributed by atoms with Crippen LogP contribution in [0.25, 0.3) is 10.9 Å². The summed E-state index contributed by atoms with van der Waals surface area (Å²) in [5.41, 5.74) is 6.95. The van der Waals surface area contributed by atoms with Crippen molar-refractivity contribution >= 4 is 28.4 Å². The van der Waals surface area contributed by atoms with E-state index < -0.39 is 5.91 Å². The molecule has 3 aromatic rings. The molecule has 1 aromatic heterocycles. The smallest absolute Gasteiger partial charge is 0.256 e. The van der Waals surface area contributed by atoms with Gasteiger partial charge >= 0.3 is 0 Å². The van der Waals surface area contributed by atoms with Crippen LogP contribution in [-0.2, 0) is 6.54 Å². The summed E-state index contributed by atoms with van der Waals surface area (Å²) in [6.07, 6.45) is 1.58. The number of rotatable bonds is 5. The molecular formula is C19H18ClN3O2. The van der Waals surface area contributed by atoms with Gasteiger partial charge in [0.1, 0.15) is 5.56 Å². The van der Waals surface area contributed by atoms with E-state index in [0.717, 1.165) is 5.56 Å². The van der Waals surface area contributed by atoms with Gasteiger partial charge in [0, 0.05) is 36.2 Å². The number of nitrogens with one attached hydrogen (secondary N) is 1. The molecule has 128 valence electrons. The van der Waals surface area contributed by atoms with Crippen molar-refractivity contribution in [2.45, 2.75) is 6.54 Å². The minimum atomic E-state index is -0.422. The quantitative estimate of drug-likeness (QED) is 0.737. The Kier molecular flexibility index (Phi) is 5.16. The van der Waals surface area contributed by atoms with Gasteiger partial charge in [0.2, 0.25) is 5.43 Å². The third-order valence-electron chi connectivity index (χ3n) is 3.91. The number of aromatic nitrogens is 1. The fourth-order valence-corrected chi connectivity index (χ4v) is 2.88. The number of fused-ring (bicyclic) bond motifs is 1. The summed E-state index contributed by atoms with van der Waals surface area (Å²) >= 11 is 6.11. The van der Waals surface area contributed by atoms with Crippen molar-refractivity contribution in [3.63, 3.8) is 0 Å². The minimum Gasteiger partial charge on any atom is -0.351 e. The summed E-state index contributed by atoms with van der Waals surface area (Å²) in [5, 5.41) is 3.65. The molecule has 0 unspecified atom stereocenters. The molecule has 25 heavy (non-hydrogen) atoms. The van der Waals surface area contributed by atoms with Crippen LogP contribution in [0, 0.1) is 0 Å². The normalized spacial score (nSPS) is 10.8. The first kappa shape index (κ1) is 17.2. The summed E-state index contributed by atoms with van der Waals surface area (Å²) < 4.78 is 1.87. The van der Waals surface area contributed by atoms with Gasteiger partial charge in [-0.1, -0.05) is 41.9 Å². The number of benzene rings is 2. The molecule has 0 aliphatic carbocycles. The highest BCUT2D eigenvalue weighted by Gasteiger charge is 2.15. The van der Waals surface area contributed by atoms with Crippen LogP contribution in [0.5, 0.6) is 0 Å². The van der Waals surface area contributed by atoms with Crippen LogP contribution >= 0.6 is 11.6 Å². The monoisotopic (exact) mass is 355 g/mol.